The molecule has 0 saturated heterocycles. The van der Waals surface area contributed by atoms with Crippen molar-refractivity contribution in [3.63, 3.8) is 0 Å². The molecule has 1 aromatic rings. The number of aliphatic hydroxyl groups excluding tert-OH is 1. The van der Waals surface area contributed by atoms with Crippen LogP contribution in [0.4, 0.5) is 0 Å². The minimum Gasteiger partial charge on any atom is -0.444 e. The molecule has 0 amide bonds. The summed E-state index contributed by atoms with van der Waals surface area (Å²) in [5.74, 6) is 2.54. The van der Waals surface area contributed by atoms with Crippen molar-refractivity contribution in [1.29, 1.82) is 0 Å². The van der Waals surface area contributed by atoms with Crippen LogP contribution < -0.4 is 5.32 Å². The third kappa shape index (κ3) is 3.61. The summed E-state index contributed by atoms with van der Waals surface area (Å²) in [6.45, 7) is 7.06. The number of aromatic nitrogens is 1. The maximum atomic E-state index is 9.80. The highest BCUT2D eigenvalue weighted by Gasteiger charge is 2.34. The summed E-state index contributed by atoms with van der Waals surface area (Å²) in [7, 11) is 0. The Balaban J connectivity index is 1.94. The molecule has 114 valence electrons. The lowest BCUT2D eigenvalue weighted by Crippen LogP contribution is -2.52. The molecule has 2 rings (SSSR count). The highest BCUT2D eigenvalue weighted by molar-refractivity contribution is 5.00. The SMILES string of the molecule is CC(C)c1cnc(CN[C@@](C)(CO)C2CCCCC2)o1. The average Bonchev–Trinajstić information content (AvgIpc) is 2.95. The third-order valence-electron chi connectivity index (χ3n) is 4.62. The molecule has 1 fully saturated rings. The van der Waals surface area contributed by atoms with Crippen LogP contribution in [0.15, 0.2) is 10.6 Å². The molecule has 1 saturated carbocycles. The number of nitrogens with one attached hydrogen (secondary N) is 1. The number of hydrogen-bond acceptors (Lipinski definition) is 4. The van der Waals surface area contributed by atoms with Crippen LogP contribution in [-0.4, -0.2) is 22.2 Å². The van der Waals surface area contributed by atoms with Gasteiger partial charge in [0.25, 0.3) is 0 Å². The monoisotopic (exact) mass is 280 g/mol. The van der Waals surface area contributed by atoms with Gasteiger partial charge in [-0.2, -0.15) is 0 Å². The molecule has 0 aromatic carbocycles. The molecule has 0 spiro atoms. The highest BCUT2D eigenvalue weighted by atomic mass is 16.4. The van der Waals surface area contributed by atoms with Crippen molar-refractivity contribution in [3.05, 3.63) is 17.8 Å². The van der Waals surface area contributed by atoms with Crippen molar-refractivity contribution in [2.75, 3.05) is 6.61 Å². The minimum absolute atomic E-state index is 0.162. The van der Waals surface area contributed by atoms with Crippen LogP contribution >= 0.6 is 0 Å². The fourth-order valence-corrected chi connectivity index (χ4v) is 3.02. The summed E-state index contributed by atoms with van der Waals surface area (Å²) in [6.07, 6.45) is 8.09. The molecule has 1 atom stereocenters. The zero-order valence-corrected chi connectivity index (χ0v) is 13.0. The molecule has 1 aliphatic rings. The van der Waals surface area contributed by atoms with E-state index in [2.05, 4.69) is 31.1 Å². The zero-order chi connectivity index (χ0) is 14.6. The Morgan fingerprint density at radius 1 is 1.40 bits per heavy atom. The van der Waals surface area contributed by atoms with Gasteiger partial charge in [0.05, 0.1) is 19.3 Å². The number of aliphatic hydroxyl groups is 1. The molecule has 20 heavy (non-hydrogen) atoms. The van der Waals surface area contributed by atoms with Gasteiger partial charge in [-0.05, 0) is 25.7 Å². The van der Waals surface area contributed by atoms with Gasteiger partial charge in [0.15, 0.2) is 0 Å². The zero-order valence-electron chi connectivity index (χ0n) is 13.0. The van der Waals surface area contributed by atoms with E-state index in [0.717, 1.165) is 5.76 Å². The second-order valence-electron chi connectivity index (χ2n) is 6.58. The molecule has 1 aromatic heterocycles. The van der Waals surface area contributed by atoms with Gasteiger partial charge in [0.1, 0.15) is 5.76 Å². The maximum Gasteiger partial charge on any atom is 0.208 e. The molecule has 1 aliphatic carbocycles. The third-order valence-corrected chi connectivity index (χ3v) is 4.62. The quantitative estimate of drug-likeness (QED) is 0.840. The van der Waals surface area contributed by atoms with E-state index < -0.39 is 0 Å². The second kappa shape index (κ2) is 6.72. The Kier molecular flexibility index (Phi) is 5.22. The topological polar surface area (TPSA) is 58.3 Å². The van der Waals surface area contributed by atoms with Crippen LogP contribution in [0, 0.1) is 5.92 Å². The molecular weight excluding hydrogens is 252 g/mol. The summed E-state index contributed by atoms with van der Waals surface area (Å²) >= 11 is 0. The summed E-state index contributed by atoms with van der Waals surface area (Å²) in [5.41, 5.74) is -0.229. The second-order valence-corrected chi connectivity index (χ2v) is 6.58. The van der Waals surface area contributed by atoms with E-state index in [1.54, 1.807) is 6.20 Å². The van der Waals surface area contributed by atoms with E-state index in [4.69, 9.17) is 4.42 Å². The molecule has 0 unspecified atom stereocenters. The molecule has 4 nitrogen and oxygen atoms in total. The number of rotatable bonds is 6. The predicted octanol–water partition coefficient (Wildman–Crippen LogP) is 3.22. The standard InChI is InChI=1S/C16H28N2O2/c1-12(2)14-9-17-15(20-14)10-18-16(3,11-19)13-7-5-4-6-8-13/h9,12-13,18-19H,4-8,10-11H2,1-3H3/t16-/m0/s1. The Bertz CT molecular complexity index is 410. The van der Waals surface area contributed by atoms with Gasteiger partial charge >= 0.3 is 0 Å². The summed E-state index contributed by atoms with van der Waals surface area (Å²) in [4.78, 5) is 4.31. The van der Waals surface area contributed by atoms with Gasteiger partial charge < -0.3 is 14.8 Å². The molecule has 2 N–H and O–H groups in total. The summed E-state index contributed by atoms with van der Waals surface area (Å²) < 4.78 is 5.72. The first-order chi connectivity index (χ1) is 9.55. The number of hydrogen-bond donors (Lipinski definition) is 2. The van der Waals surface area contributed by atoms with Crippen LogP contribution in [0.3, 0.4) is 0 Å². The fraction of sp³-hybridized carbons (Fsp3) is 0.812. The molecule has 0 bridgehead atoms. The van der Waals surface area contributed by atoms with Crippen molar-refractivity contribution in [1.82, 2.24) is 10.3 Å². The maximum absolute atomic E-state index is 9.80. The molecule has 0 aliphatic heterocycles. The lowest BCUT2D eigenvalue weighted by Gasteiger charge is -2.39. The molecule has 1 heterocycles. The average molecular weight is 280 g/mol. The van der Waals surface area contributed by atoms with Crippen LogP contribution in [0.25, 0.3) is 0 Å². The fourth-order valence-electron chi connectivity index (χ4n) is 3.02. The Morgan fingerprint density at radius 2 is 2.10 bits per heavy atom. The van der Waals surface area contributed by atoms with Gasteiger partial charge in [-0.3, -0.25) is 0 Å². The van der Waals surface area contributed by atoms with E-state index in [0.29, 0.717) is 24.3 Å². The summed E-state index contributed by atoms with van der Waals surface area (Å²) in [5, 5.41) is 13.3. The summed E-state index contributed by atoms with van der Waals surface area (Å²) in [6, 6.07) is 0. The molecular formula is C16H28N2O2. The van der Waals surface area contributed by atoms with Crippen LogP contribution in [0.1, 0.15) is 70.4 Å². The van der Waals surface area contributed by atoms with Gasteiger partial charge in [-0.25, -0.2) is 4.98 Å². The van der Waals surface area contributed by atoms with Gasteiger partial charge in [0, 0.05) is 11.5 Å². The minimum atomic E-state index is -0.229. The first kappa shape index (κ1) is 15.5. The van der Waals surface area contributed by atoms with Crippen molar-refractivity contribution < 1.29 is 9.52 Å². The van der Waals surface area contributed by atoms with E-state index in [9.17, 15) is 5.11 Å². The molecule has 4 heteroatoms. The van der Waals surface area contributed by atoms with Gasteiger partial charge in [0.2, 0.25) is 5.89 Å². The largest absolute Gasteiger partial charge is 0.444 e. The Labute approximate surface area is 122 Å². The smallest absolute Gasteiger partial charge is 0.208 e. The lowest BCUT2D eigenvalue weighted by atomic mass is 9.76. The molecule has 0 radical (unpaired) electrons. The van der Waals surface area contributed by atoms with Crippen molar-refractivity contribution in [2.24, 2.45) is 5.92 Å². The highest BCUT2D eigenvalue weighted by Crippen LogP contribution is 2.32. The van der Waals surface area contributed by atoms with Crippen molar-refractivity contribution >= 4 is 0 Å². The van der Waals surface area contributed by atoms with E-state index in [1.807, 2.05) is 0 Å². The predicted molar refractivity (Wildman–Crippen MR) is 79.5 cm³/mol. The Morgan fingerprint density at radius 3 is 2.65 bits per heavy atom. The Hall–Kier alpha value is -0.870. The normalized spacial score (nSPS) is 20.2. The first-order valence-electron chi connectivity index (χ1n) is 7.85. The first-order valence-corrected chi connectivity index (χ1v) is 7.85. The van der Waals surface area contributed by atoms with Crippen LogP contribution in [-0.2, 0) is 6.54 Å². The van der Waals surface area contributed by atoms with Crippen LogP contribution in [0.5, 0.6) is 0 Å². The lowest BCUT2D eigenvalue weighted by molar-refractivity contribution is 0.0913. The van der Waals surface area contributed by atoms with Gasteiger partial charge in [-0.15, -0.1) is 0 Å². The van der Waals surface area contributed by atoms with E-state index >= 15 is 0 Å². The number of oxazole rings is 1. The van der Waals surface area contributed by atoms with Gasteiger partial charge in [-0.1, -0.05) is 33.1 Å². The van der Waals surface area contributed by atoms with E-state index in [1.165, 1.54) is 32.1 Å². The van der Waals surface area contributed by atoms with Crippen molar-refractivity contribution in [3.8, 4) is 0 Å². The van der Waals surface area contributed by atoms with Crippen molar-refractivity contribution in [2.45, 2.75) is 70.9 Å². The van der Waals surface area contributed by atoms with E-state index in [-0.39, 0.29) is 12.1 Å². The number of nitrogens with zero attached hydrogens (tertiary/aromatic N) is 1. The van der Waals surface area contributed by atoms with Crippen LogP contribution in [0.2, 0.25) is 0 Å².